The van der Waals surface area contributed by atoms with Crippen molar-refractivity contribution in [2.24, 2.45) is 0 Å². The molecule has 0 unspecified atom stereocenters. The topological polar surface area (TPSA) is 28.9 Å². The Hall–Kier alpha value is -5.86. The molecule has 0 aliphatic rings. The minimum atomic E-state index is 0.894. The van der Waals surface area contributed by atoms with Crippen LogP contribution >= 0.6 is 0 Å². The van der Waals surface area contributed by atoms with E-state index >= 15 is 0 Å². The standard InChI is InChI=1S/C42H27NO/c1-2-13-27(14-3-1)28-15-4-5-16-29(28)30-17-6-7-18-31(30)33-25-26-34-32-19-8-10-22-37(32)43-42(34)41(33)36-21-12-24-39-40(36)35-20-9-11-23-38(35)44-39/h1-26,43H. The maximum atomic E-state index is 6.38. The van der Waals surface area contributed by atoms with E-state index in [0.717, 1.165) is 38.5 Å². The lowest BCUT2D eigenvalue weighted by Gasteiger charge is -2.18. The first-order valence-corrected chi connectivity index (χ1v) is 15.0. The second-order valence-electron chi connectivity index (χ2n) is 11.3. The van der Waals surface area contributed by atoms with Gasteiger partial charge in [0.05, 0.1) is 5.52 Å². The van der Waals surface area contributed by atoms with Crippen LogP contribution in [0, 0.1) is 0 Å². The third-order valence-electron chi connectivity index (χ3n) is 8.87. The quantitative estimate of drug-likeness (QED) is 0.227. The molecule has 0 bridgehead atoms. The van der Waals surface area contributed by atoms with Gasteiger partial charge in [-0.3, -0.25) is 0 Å². The number of hydrogen-bond donors (Lipinski definition) is 1. The highest BCUT2D eigenvalue weighted by atomic mass is 16.3. The molecular weight excluding hydrogens is 534 g/mol. The van der Waals surface area contributed by atoms with E-state index in [1.54, 1.807) is 0 Å². The molecule has 0 aliphatic heterocycles. The van der Waals surface area contributed by atoms with Crippen molar-refractivity contribution in [3.8, 4) is 44.5 Å². The Morgan fingerprint density at radius 2 is 0.955 bits per heavy atom. The number of aromatic amines is 1. The van der Waals surface area contributed by atoms with E-state index in [4.69, 9.17) is 4.42 Å². The Morgan fingerprint density at radius 1 is 0.364 bits per heavy atom. The van der Waals surface area contributed by atoms with Gasteiger partial charge >= 0.3 is 0 Å². The van der Waals surface area contributed by atoms with Gasteiger partial charge in [0, 0.05) is 32.6 Å². The van der Waals surface area contributed by atoms with Gasteiger partial charge in [-0.15, -0.1) is 0 Å². The summed E-state index contributed by atoms with van der Waals surface area (Å²) in [5, 5.41) is 4.70. The second kappa shape index (κ2) is 9.86. The monoisotopic (exact) mass is 561 g/mol. The van der Waals surface area contributed by atoms with Crippen LogP contribution in [0.1, 0.15) is 0 Å². The van der Waals surface area contributed by atoms with Gasteiger partial charge in [-0.1, -0.05) is 140 Å². The third-order valence-corrected chi connectivity index (χ3v) is 8.87. The van der Waals surface area contributed by atoms with Crippen LogP contribution in [0.3, 0.4) is 0 Å². The van der Waals surface area contributed by atoms with Crippen molar-refractivity contribution < 1.29 is 4.42 Å². The first-order valence-electron chi connectivity index (χ1n) is 15.0. The van der Waals surface area contributed by atoms with Crippen molar-refractivity contribution in [3.05, 3.63) is 158 Å². The Kier molecular flexibility index (Phi) is 5.54. The minimum absolute atomic E-state index is 0.894. The third kappa shape index (κ3) is 3.75. The summed E-state index contributed by atoms with van der Waals surface area (Å²) in [7, 11) is 0. The molecule has 0 amide bonds. The summed E-state index contributed by atoms with van der Waals surface area (Å²) in [6.07, 6.45) is 0. The lowest BCUT2D eigenvalue weighted by atomic mass is 9.85. The van der Waals surface area contributed by atoms with Crippen LogP contribution in [0.2, 0.25) is 0 Å². The maximum absolute atomic E-state index is 6.38. The fourth-order valence-corrected chi connectivity index (χ4v) is 6.95. The van der Waals surface area contributed by atoms with Crippen LogP contribution in [-0.2, 0) is 0 Å². The van der Waals surface area contributed by atoms with Crippen molar-refractivity contribution in [3.63, 3.8) is 0 Å². The summed E-state index contributed by atoms with van der Waals surface area (Å²) >= 11 is 0. The van der Waals surface area contributed by atoms with Crippen molar-refractivity contribution in [2.75, 3.05) is 0 Å². The van der Waals surface area contributed by atoms with Crippen molar-refractivity contribution in [1.82, 2.24) is 4.98 Å². The molecular formula is C42H27NO. The molecule has 2 heterocycles. The van der Waals surface area contributed by atoms with Crippen LogP contribution in [0.15, 0.2) is 162 Å². The fourth-order valence-electron chi connectivity index (χ4n) is 6.95. The Bertz CT molecular complexity index is 2500. The number of fused-ring (bicyclic) bond motifs is 6. The lowest BCUT2D eigenvalue weighted by Crippen LogP contribution is -1.93. The Morgan fingerprint density at radius 3 is 1.77 bits per heavy atom. The van der Waals surface area contributed by atoms with E-state index in [-0.39, 0.29) is 0 Å². The first kappa shape index (κ1) is 24.7. The SMILES string of the molecule is c1ccc(-c2ccccc2-c2ccccc2-c2ccc3c([nH]c4ccccc43)c2-c2cccc3oc4ccccc4c23)cc1. The molecule has 0 saturated heterocycles. The number of H-pyrrole nitrogens is 1. The zero-order valence-electron chi connectivity index (χ0n) is 23.9. The zero-order valence-corrected chi connectivity index (χ0v) is 23.9. The maximum Gasteiger partial charge on any atom is 0.136 e. The lowest BCUT2D eigenvalue weighted by molar-refractivity contribution is 0.669. The normalized spacial score (nSPS) is 11.6. The number of nitrogens with one attached hydrogen (secondary N) is 1. The Labute approximate surface area is 254 Å². The molecule has 0 atom stereocenters. The Balaban J connectivity index is 1.40. The summed E-state index contributed by atoms with van der Waals surface area (Å²) < 4.78 is 6.38. The van der Waals surface area contributed by atoms with Crippen LogP contribution in [0.25, 0.3) is 88.3 Å². The van der Waals surface area contributed by atoms with E-state index in [1.807, 2.05) is 6.07 Å². The van der Waals surface area contributed by atoms with Crippen LogP contribution in [0.4, 0.5) is 0 Å². The first-order chi connectivity index (χ1) is 21.8. The predicted molar refractivity (Wildman–Crippen MR) is 185 cm³/mol. The average Bonchev–Trinajstić information content (AvgIpc) is 3.67. The number of furan rings is 1. The van der Waals surface area contributed by atoms with Gasteiger partial charge in [-0.05, 0) is 57.1 Å². The summed E-state index contributed by atoms with van der Waals surface area (Å²) in [4.78, 5) is 3.83. The minimum Gasteiger partial charge on any atom is -0.456 e. The summed E-state index contributed by atoms with van der Waals surface area (Å²) in [6, 6.07) is 56.2. The van der Waals surface area contributed by atoms with Crippen molar-refractivity contribution in [2.45, 2.75) is 0 Å². The van der Waals surface area contributed by atoms with E-state index in [2.05, 4.69) is 157 Å². The molecule has 0 fully saturated rings. The summed E-state index contributed by atoms with van der Waals surface area (Å²) in [5.41, 5.74) is 13.6. The molecule has 2 heteroatoms. The molecule has 9 rings (SSSR count). The highest BCUT2D eigenvalue weighted by Crippen LogP contribution is 2.47. The fraction of sp³-hybridized carbons (Fsp3) is 0. The number of hydrogen-bond acceptors (Lipinski definition) is 1. The van der Waals surface area contributed by atoms with E-state index in [0.29, 0.717) is 0 Å². The molecule has 0 aliphatic carbocycles. The van der Waals surface area contributed by atoms with Gasteiger partial charge in [0.2, 0.25) is 0 Å². The number of para-hydroxylation sites is 2. The van der Waals surface area contributed by atoms with Gasteiger partial charge in [0.25, 0.3) is 0 Å². The van der Waals surface area contributed by atoms with Gasteiger partial charge < -0.3 is 9.40 Å². The summed E-state index contributed by atoms with van der Waals surface area (Å²) in [6.45, 7) is 0. The van der Waals surface area contributed by atoms with Crippen molar-refractivity contribution in [1.29, 1.82) is 0 Å². The molecule has 44 heavy (non-hydrogen) atoms. The van der Waals surface area contributed by atoms with E-state index in [9.17, 15) is 0 Å². The molecule has 0 spiro atoms. The highest BCUT2D eigenvalue weighted by molar-refractivity contribution is 6.21. The number of benzene rings is 7. The summed E-state index contributed by atoms with van der Waals surface area (Å²) in [5.74, 6) is 0. The van der Waals surface area contributed by atoms with E-state index < -0.39 is 0 Å². The number of aromatic nitrogens is 1. The van der Waals surface area contributed by atoms with Gasteiger partial charge in [-0.25, -0.2) is 0 Å². The molecule has 7 aromatic carbocycles. The molecule has 0 radical (unpaired) electrons. The van der Waals surface area contributed by atoms with Crippen LogP contribution < -0.4 is 0 Å². The van der Waals surface area contributed by atoms with Crippen LogP contribution in [-0.4, -0.2) is 4.98 Å². The largest absolute Gasteiger partial charge is 0.456 e. The average molecular weight is 562 g/mol. The van der Waals surface area contributed by atoms with Gasteiger partial charge in [-0.2, -0.15) is 0 Å². The molecule has 2 nitrogen and oxygen atoms in total. The van der Waals surface area contributed by atoms with E-state index in [1.165, 1.54) is 49.7 Å². The molecule has 206 valence electrons. The number of rotatable bonds is 4. The highest BCUT2D eigenvalue weighted by Gasteiger charge is 2.22. The van der Waals surface area contributed by atoms with Crippen molar-refractivity contribution >= 4 is 43.7 Å². The molecule has 0 saturated carbocycles. The predicted octanol–water partition coefficient (Wildman–Crippen LogP) is 11.9. The van der Waals surface area contributed by atoms with Crippen LogP contribution in [0.5, 0.6) is 0 Å². The molecule has 9 aromatic rings. The second-order valence-corrected chi connectivity index (χ2v) is 11.3. The van der Waals surface area contributed by atoms with Gasteiger partial charge in [0.15, 0.2) is 0 Å². The van der Waals surface area contributed by atoms with Gasteiger partial charge in [0.1, 0.15) is 11.2 Å². The smallest absolute Gasteiger partial charge is 0.136 e. The molecule has 2 aromatic heterocycles. The molecule has 1 N–H and O–H groups in total. The zero-order chi connectivity index (χ0) is 29.0.